The van der Waals surface area contributed by atoms with E-state index in [4.69, 9.17) is 18.9 Å². The van der Waals surface area contributed by atoms with Crippen LogP contribution in [0.15, 0.2) is 61.1 Å². The lowest BCUT2D eigenvalue weighted by atomic mass is 10.1. The third kappa shape index (κ3) is 7.84. The van der Waals surface area contributed by atoms with Crippen molar-refractivity contribution in [2.75, 3.05) is 32.2 Å². The van der Waals surface area contributed by atoms with E-state index in [9.17, 15) is 4.79 Å². The maximum Gasteiger partial charge on any atom is 0.407 e. The maximum absolute atomic E-state index is 12.0. The Kier molecular flexibility index (Phi) is 8.88. The van der Waals surface area contributed by atoms with Crippen molar-refractivity contribution in [3.05, 3.63) is 66.6 Å². The quantitative estimate of drug-likeness (QED) is 0.232. The van der Waals surface area contributed by atoms with Crippen molar-refractivity contribution in [1.82, 2.24) is 19.9 Å². The molecule has 0 bridgehead atoms. The van der Waals surface area contributed by atoms with Crippen LogP contribution in [0.4, 0.5) is 16.3 Å². The molecule has 0 aliphatic rings. The highest BCUT2D eigenvalue weighted by Gasteiger charge is 2.15. The van der Waals surface area contributed by atoms with E-state index in [1.807, 2.05) is 87.0 Å². The van der Waals surface area contributed by atoms with E-state index in [0.717, 1.165) is 33.8 Å². The number of hydrogen-bond acceptors (Lipinski definition) is 8. The van der Waals surface area contributed by atoms with E-state index in [-0.39, 0.29) is 12.1 Å². The number of aromatic nitrogens is 3. The highest BCUT2D eigenvalue weighted by Crippen LogP contribution is 2.31. The van der Waals surface area contributed by atoms with Crippen LogP contribution in [-0.2, 0) is 16.0 Å². The first-order chi connectivity index (χ1) is 18.7. The van der Waals surface area contributed by atoms with Crippen molar-refractivity contribution in [1.29, 1.82) is 0 Å². The van der Waals surface area contributed by atoms with Gasteiger partial charge in [0, 0.05) is 30.6 Å². The average molecular weight is 534 g/mol. The molecular formula is C29H35N5O5. The number of carbonyl (C=O) groups excluding carboxylic acids is 1. The lowest BCUT2D eigenvalue weighted by Crippen LogP contribution is -2.41. The fourth-order valence-electron chi connectivity index (χ4n) is 3.87. The van der Waals surface area contributed by atoms with Gasteiger partial charge >= 0.3 is 6.09 Å². The molecule has 0 aliphatic carbocycles. The predicted molar refractivity (Wildman–Crippen MR) is 150 cm³/mol. The van der Waals surface area contributed by atoms with E-state index in [1.54, 1.807) is 7.11 Å². The first-order valence-corrected chi connectivity index (χ1v) is 12.7. The maximum atomic E-state index is 12.0. The van der Waals surface area contributed by atoms with Crippen LogP contribution in [0, 0.1) is 6.92 Å². The lowest BCUT2D eigenvalue weighted by Gasteiger charge is -2.20. The summed E-state index contributed by atoms with van der Waals surface area (Å²) in [4.78, 5) is 20.8. The molecule has 0 radical (unpaired) electrons. The summed E-state index contributed by atoms with van der Waals surface area (Å²) in [6, 6.07) is 15.3. The van der Waals surface area contributed by atoms with Crippen LogP contribution in [0.2, 0.25) is 0 Å². The van der Waals surface area contributed by atoms with Gasteiger partial charge in [0.05, 0.1) is 18.7 Å². The summed E-state index contributed by atoms with van der Waals surface area (Å²) in [6.45, 7) is 9.36. The second kappa shape index (κ2) is 12.5. The molecule has 0 saturated carbocycles. The minimum absolute atomic E-state index is 0.212. The second-order valence-electron chi connectivity index (χ2n) is 10.00. The van der Waals surface area contributed by atoms with E-state index in [2.05, 4.69) is 20.6 Å². The first kappa shape index (κ1) is 27.7. The number of ether oxygens (including phenoxy) is 4. The lowest BCUT2D eigenvalue weighted by molar-refractivity contribution is 0.134. The van der Waals surface area contributed by atoms with Crippen LogP contribution >= 0.6 is 0 Å². The van der Waals surface area contributed by atoms with Gasteiger partial charge in [-0.2, -0.15) is 0 Å². The molecule has 4 aromatic rings. The Morgan fingerprint density at radius 1 is 1.00 bits per heavy atom. The summed E-state index contributed by atoms with van der Waals surface area (Å²) >= 11 is 0. The van der Waals surface area contributed by atoms with Gasteiger partial charge in [0.25, 0.3) is 0 Å². The summed E-state index contributed by atoms with van der Waals surface area (Å²) in [7, 11) is 1.64. The van der Waals surface area contributed by atoms with Crippen molar-refractivity contribution in [2.24, 2.45) is 0 Å². The summed E-state index contributed by atoms with van der Waals surface area (Å²) in [6.07, 6.45) is 2.98. The normalized spacial score (nSPS) is 11.3. The van der Waals surface area contributed by atoms with Gasteiger partial charge in [-0.15, -0.1) is 0 Å². The molecule has 0 fully saturated rings. The van der Waals surface area contributed by atoms with E-state index < -0.39 is 6.09 Å². The molecule has 0 atom stereocenters. The number of nitrogens with zero attached hydrogens (tertiary/aromatic N) is 3. The monoisotopic (exact) mass is 533 g/mol. The number of hydrogen-bond donors (Lipinski definition) is 2. The van der Waals surface area contributed by atoms with Crippen LogP contribution in [-0.4, -0.2) is 53.1 Å². The van der Waals surface area contributed by atoms with Gasteiger partial charge in [0.15, 0.2) is 5.82 Å². The molecular weight excluding hydrogens is 498 g/mol. The number of anilines is 2. The topological polar surface area (TPSA) is 109 Å². The molecule has 39 heavy (non-hydrogen) atoms. The van der Waals surface area contributed by atoms with Gasteiger partial charge in [-0.1, -0.05) is 6.07 Å². The summed E-state index contributed by atoms with van der Waals surface area (Å²) in [5, 5.41) is 6.18. The van der Waals surface area contributed by atoms with Crippen LogP contribution in [0.25, 0.3) is 11.0 Å². The van der Waals surface area contributed by atoms with Gasteiger partial charge in [0.2, 0.25) is 0 Å². The number of alkyl carbamates (subject to hydrolysis) is 1. The smallest absolute Gasteiger partial charge is 0.407 e. The molecule has 2 N–H and O–H groups in total. The van der Waals surface area contributed by atoms with Crippen molar-refractivity contribution >= 4 is 28.6 Å². The third-order valence-electron chi connectivity index (χ3n) is 5.62. The standard InChI is InChI=1S/C29H35N5O5/c1-20-17-21(9-10-25(20)39-23-8-6-7-22(18-23)37-16-15-36-5)32-27-26-24(30-19-31-27)11-12-34(26)13-14-38-28(35)33-29(2,3)4/h6-12,17-19H,13-16H2,1-5H3,(H,33,35)(H,30,31,32). The third-order valence-corrected chi connectivity index (χ3v) is 5.62. The van der Waals surface area contributed by atoms with Crippen LogP contribution in [0.3, 0.4) is 0 Å². The van der Waals surface area contributed by atoms with Crippen molar-refractivity contribution < 1.29 is 23.7 Å². The fourth-order valence-corrected chi connectivity index (χ4v) is 3.87. The SMILES string of the molecule is COCCOc1cccc(Oc2ccc(Nc3ncnc4ccn(CCOC(=O)NC(C)(C)C)c34)cc2C)c1. The van der Waals surface area contributed by atoms with Crippen LogP contribution in [0.1, 0.15) is 26.3 Å². The number of fused-ring (bicyclic) bond motifs is 1. The number of amides is 1. The van der Waals surface area contributed by atoms with E-state index in [1.165, 1.54) is 6.33 Å². The first-order valence-electron chi connectivity index (χ1n) is 12.7. The molecule has 10 heteroatoms. The molecule has 2 aromatic heterocycles. The van der Waals surface area contributed by atoms with Crippen molar-refractivity contribution in [3.8, 4) is 17.2 Å². The molecule has 10 nitrogen and oxygen atoms in total. The molecule has 2 heterocycles. The van der Waals surface area contributed by atoms with Gasteiger partial charge in [-0.05, 0) is 69.7 Å². The molecule has 1 amide bonds. The highest BCUT2D eigenvalue weighted by atomic mass is 16.5. The zero-order valence-electron chi connectivity index (χ0n) is 23.0. The Labute approximate surface area is 228 Å². The zero-order chi connectivity index (χ0) is 27.8. The Morgan fingerprint density at radius 3 is 2.59 bits per heavy atom. The molecule has 2 aromatic carbocycles. The highest BCUT2D eigenvalue weighted by molar-refractivity contribution is 5.88. The number of rotatable bonds is 11. The molecule has 206 valence electrons. The minimum atomic E-state index is -0.448. The Bertz CT molecular complexity index is 1410. The fraction of sp³-hybridized carbons (Fsp3) is 0.345. The minimum Gasteiger partial charge on any atom is -0.491 e. The number of benzene rings is 2. The largest absolute Gasteiger partial charge is 0.491 e. The Morgan fingerprint density at radius 2 is 1.82 bits per heavy atom. The predicted octanol–water partition coefficient (Wildman–Crippen LogP) is 5.83. The number of carbonyl (C=O) groups is 1. The van der Waals surface area contributed by atoms with Gasteiger partial charge < -0.3 is 34.1 Å². The van der Waals surface area contributed by atoms with E-state index in [0.29, 0.717) is 31.3 Å². The van der Waals surface area contributed by atoms with Gasteiger partial charge in [-0.25, -0.2) is 14.8 Å². The van der Waals surface area contributed by atoms with Crippen LogP contribution in [0.5, 0.6) is 17.2 Å². The molecule has 0 aliphatic heterocycles. The average Bonchev–Trinajstić information content (AvgIpc) is 3.29. The van der Waals surface area contributed by atoms with Gasteiger partial charge in [-0.3, -0.25) is 0 Å². The van der Waals surface area contributed by atoms with E-state index >= 15 is 0 Å². The molecule has 0 spiro atoms. The Hall–Kier alpha value is -4.31. The van der Waals surface area contributed by atoms with Crippen molar-refractivity contribution in [3.63, 3.8) is 0 Å². The summed E-state index contributed by atoms with van der Waals surface area (Å²) in [5.41, 5.74) is 3.05. The summed E-state index contributed by atoms with van der Waals surface area (Å²) < 4.78 is 24.1. The summed E-state index contributed by atoms with van der Waals surface area (Å²) in [5.74, 6) is 2.79. The zero-order valence-corrected chi connectivity index (χ0v) is 23.0. The Balaban J connectivity index is 1.43. The molecule has 0 unspecified atom stereocenters. The van der Waals surface area contributed by atoms with Crippen molar-refractivity contribution in [2.45, 2.75) is 39.8 Å². The number of aryl methyl sites for hydroxylation is 1. The second-order valence-corrected chi connectivity index (χ2v) is 10.00. The van der Waals surface area contributed by atoms with Gasteiger partial charge in [0.1, 0.15) is 42.3 Å². The number of methoxy groups -OCH3 is 1. The number of nitrogens with one attached hydrogen (secondary N) is 2. The molecule has 4 rings (SSSR count). The van der Waals surface area contributed by atoms with Crippen LogP contribution < -0.4 is 20.1 Å². The molecule has 0 saturated heterocycles.